The van der Waals surface area contributed by atoms with Gasteiger partial charge in [-0.2, -0.15) is 0 Å². The van der Waals surface area contributed by atoms with E-state index < -0.39 is 0 Å². The summed E-state index contributed by atoms with van der Waals surface area (Å²) in [5, 5.41) is 0. The molecule has 0 aromatic carbocycles. The number of carbonyl (C=O) groups is 1. The van der Waals surface area contributed by atoms with Gasteiger partial charge in [0.1, 0.15) is 0 Å². The van der Waals surface area contributed by atoms with E-state index in [9.17, 15) is 4.79 Å². The van der Waals surface area contributed by atoms with Crippen LogP contribution in [0.25, 0.3) is 0 Å². The molecular formula is C9H15NO2. The van der Waals surface area contributed by atoms with E-state index in [0.717, 1.165) is 32.5 Å². The van der Waals surface area contributed by atoms with Crippen molar-refractivity contribution in [3.8, 4) is 0 Å². The summed E-state index contributed by atoms with van der Waals surface area (Å²) >= 11 is 0. The minimum atomic E-state index is 0.173. The first-order valence-corrected chi connectivity index (χ1v) is 4.61. The number of ether oxygens (including phenoxy) is 1. The highest BCUT2D eigenvalue weighted by Crippen LogP contribution is 2.36. The summed E-state index contributed by atoms with van der Waals surface area (Å²) in [6.07, 6.45) is 3.26. The van der Waals surface area contributed by atoms with Crippen molar-refractivity contribution in [1.82, 2.24) is 4.90 Å². The van der Waals surface area contributed by atoms with Gasteiger partial charge in [0.25, 0.3) is 0 Å². The van der Waals surface area contributed by atoms with E-state index in [1.54, 1.807) is 6.92 Å². The van der Waals surface area contributed by atoms with Gasteiger partial charge in [-0.05, 0) is 19.3 Å². The fourth-order valence-corrected chi connectivity index (χ4v) is 2.01. The van der Waals surface area contributed by atoms with E-state index in [1.807, 2.05) is 4.90 Å². The number of amides is 1. The van der Waals surface area contributed by atoms with Gasteiger partial charge < -0.3 is 9.64 Å². The first-order valence-electron chi connectivity index (χ1n) is 4.61. The fraction of sp³-hybridized carbons (Fsp3) is 0.889. The Morgan fingerprint density at radius 2 is 1.92 bits per heavy atom. The lowest BCUT2D eigenvalue weighted by molar-refractivity contribution is -0.175. The van der Waals surface area contributed by atoms with Crippen molar-refractivity contribution in [2.24, 2.45) is 0 Å². The molecule has 2 saturated heterocycles. The zero-order valence-corrected chi connectivity index (χ0v) is 7.51. The van der Waals surface area contributed by atoms with Crippen LogP contribution < -0.4 is 0 Å². The summed E-state index contributed by atoms with van der Waals surface area (Å²) in [6.45, 7) is 4.32. The van der Waals surface area contributed by atoms with Gasteiger partial charge in [-0.1, -0.05) is 0 Å². The molecular weight excluding hydrogens is 154 g/mol. The van der Waals surface area contributed by atoms with Crippen LogP contribution in [0.1, 0.15) is 26.2 Å². The third-order valence-electron chi connectivity index (χ3n) is 3.09. The van der Waals surface area contributed by atoms with Gasteiger partial charge in [-0.3, -0.25) is 4.79 Å². The molecule has 2 heterocycles. The van der Waals surface area contributed by atoms with E-state index in [2.05, 4.69) is 0 Å². The van der Waals surface area contributed by atoms with Crippen LogP contribution in [0, 0.1) is 0 Å². The summed E-state index contributed by atoms with van der Waals surface area (Å²) in [5.41, 5.74) is 0.173. The van der Waals surface area contributed by atoms with E-state index in [1.165, 1.54) is 6.42 Å². The highest BCUT2D eigenvalue weighted by atomic mass is 16.5. The number of likely N-dealkylation sites (tertiary alicyclic amines) is 1. The molecule has 12 heavy (non-hydrogen) atoms. The monoisotopic (exact) mass is 169 g/mol. The minimum Gasteiger partial charge on any atom is -0.375 e. The Bertz CT molecular complexity index is 189. The molecule has 3 nitrogen and oxygen atoms in total. The first-order chi connectivity index (χ1) is 5.72. The third-order valence-corrected chi connectivity index (χ3v) is 3.09. The van der Waals surface area contributed by atoms with E-state index in [0.29, 0.717) is 0 Å². The number of carbonyl (C=O) groups excluding carboxylic acids is 1. The van der Waals surface area contributed by atoms with Crippen molar-refractivity contribution >= 4 is 5.91 Å². The van der Waals surface area contributed by atoms with Crippen LogP contribution in [0.2, 0.25) is 0 Å². The average Bonchev–Trinajstić information content (AvgIpc) is 2.02. The molecule has 0 atom stereocenters. The van der Waals surface area contributed by atoms with Crippen molar-refractivity contribution in [1.29, 1.82) is 0 Å². The molecule has 0 N–H and O–H groups in total. The lowest BCUT2D eigenvalue weighted by Crippen LogP contribution is -2.53. The number of hydrogen-bond donors (Lipinski definition) is 0. The van der Waals surface area contributed by atoms with Crippen molar-refractivity contribution in [3.05, 3.63) is 0 Å². The molecule has 0 aromatic rings. The third kappa shape index (κ3) is 1.22. The molecule has 68 valence electrons. The van der Waals surface area contributed by atoms with Crippen LogP contribution in [0.5, 0.6) is 0 Å². The normalized spacial score (nSPS) is 26.9. The topological polar surface area (TPSA) is 29.5 Å². The molecule has 0 saturated carbocycles. The molecule has 2 aliphatic rings. The van der Waals surface area contributed by atoms with Crippen molar-refractivity contribution < 1.29 is 9.53 Å². The standard InChI is InChI=1S/C9H15NO2/c1-8(11)10-5-2-9(3-6-10)4-7-12-9/h2-7H2,1H3. The Morgan fingerprint density at radius 3 is 2.25 bits per heavy atom. The number of piperidine rings is 1. The summed E-state index contributed by atoms with van der Waals surface area (Å²) in [4.78, 5) is 12.9. The van der Waals surface area contributed by atoms with Gasteiger partial charge in [-0.15, -0.1) is 0 Å². The van der Waals surface area contributed by atoms with Crippen molar-refractivity contribution in [3.63, 3.8) is 0 Å². The number of nitrogens with zero attached hydrogens (tertiary/aromatic N) is 1. The zero-order valence-electron chi connectivity index (χ0n) is 7.51. The van der Waals surface area contributed by atoms with Gasteiger partial charge in [0, 0.05) is 20.0 Å². The smallest absolute Gasteiger partial charge is 0.219 e. The van der Waals surface area contributed by atoms with E-state index >= 15 is 0 Å². The summed E-state index contributed by atoms with van der Waals surface area (Å²) < 4.78 is 5.55. The van der Waals surface area contributed by atoms with Gasteiger partial charge in [-0.25, -0.2) is 0 Å². The molecule has 0 bridgehead atoms. The molecule has 0 radical (unpaired) electrons. The van der Waals surface area contributed by atoms with E-state index in [-0.39, 0.29) is 11.5 Å². The second-order valence-electron chi connectivity index (χ2n) is 3.79. The van der Waals surface area contributed by atoms with Crippen LogP contribution in [-0.2, 0) is 9.53 Å². The van der Waals surface area contributed by atoms with Gasteiger partial charge >= 0.3 is 0 Å². The molecule has 2 fully saturated rings. The molecule has 1 amide bonds. The molecule has 2 rings (SSSR count). The highest BCUT2D eigenvalue weighted by molar-refractivity contribution is 5.73. The average molecular weight is 169 g/mol. The molecule has 0 unspecified atom stereocenters. The van der Waals surface area contributed by atoms with Crippen LogP contribution in [-0.4, -0.2) is 36.1 Å². The Kier molecular flexibility index (Phi) is 1.83. The van der Waals surface area contributed by atoms with E-state index in [4.69, 9.17) is 4.74 Å². The van der Waals surface area contributed by atoms with Crippen molar-refractivity contribution in [2.45, 2.75) is 31.8 Å². The SMILES string of the molecule is CC(=O)N1CCC2(CCO2)CC1. The Hall–Kier alpha value is -0.570. The van der Waals surface area contributed by atoms with Crippen LogP contribution in [0.15, 0.2) is 0 Å². The van der Waals surface area contributed by atoms with Crippen LogP contribution in [0.3, 0.4) is 0 Å². The second-order valence-corrected chi connectivity index (χ2v) is 3.79. The quantitative estimate of drug-likeness (QED) is 0.536. The maximum absolute atomic E-state index is 11.0. The molecule has 2 aliphatic heterocycles. The maximum Gasteiger partial charge on any atom is 0.219 e. The first kappa shape index (κ1) is 8.05. The maximum atomic E-state index is 11.0. The summed E-state index contributed by atoms with van der Waals surface area (Å²) in [5.74, 6) is 0.198. The lowest BCUT2D eigenvalue weighted by atomic mass is 9.84. The Morgan fingerprint density at radius 1 is 1.33 bits per heavy atom. The fourth-order valence-electron chi connectivity index (χ4n) is 2.01. The minimum absolute atomic E-state index is 0.173. The Labute approximate surface area is 72.7 Å². The predicted molar refractivity (Wildman–Crippen MR) is 44.8 cm³/mol. The Balaban J connectivity index is 1.88. The van der Waals surface area contributed by atoms with Crippen molar-refractivity contribution in [2.75, 3.05) is 19.7 Å². The summed E-state index contributed by atoms with van der Waals surface area (Å²) in [7, 11) is 0. The van der Waals surface area contributed by atoms with Gasteiger partial charge in [0.2, 0.25) is 5.91 Å². The van der Waals surface area contributed by atoms with Crippen LogP contribution in [0.4, 0.5) is 0 Å². The number of hydrogen-bond acceptors (Lipinski definition) is 2. The molecule has 0 aliphatic carbocycles. The molecule has 1 spiro atoms. The molecule has 3 heteroatoms. The van der Waals surface area contributed by atoms with Crippen LogP contribution >= 0.6 is 0 Å². The van der Waals surface area contributed by atoms with Gasteiger partial charge in [0.05, 0.1) is 12.2 Å². The summed E-state index contributed by atoms with van der Waals surface area (Å²) in [6, 6.07) is 0. The highest BCUT2D eigenvalue weighted by Gasteiger charge is 2.41. The largest absolute Gasteiger partial charge is 0.375 e. The lowest BCUT2D eigenvalue weighted by Gasteiger charge is -2.47. The second kappa shape index (κ2) is 2.73. The zero-order chi connectivity index (χ0) is 8.60. The number of rotatable bonds is 0. The predicted octanol–water partition coefficient (Wildman–Crippen LogP) is 0.788. The van der Waals surface area contributed by atoms with Gasteiger partial charge in [0.15, 0.2) is 0 Å². The molecule has 0 aromatic heterocycles.